The van der Waals surface area contributed by atoms with Gasteiger partial charge in [0.15, 0.2) is 11.5 Å². The van der Waals surface area contributed by atoms with Crippen LogP contribution in [0.4, 0.5) is 17.6 Å². The van der Waals surface area contributed by atoms with E-state index in [1.807, 2.05) is 36.4 Å². The molecule has 0 spiro atoms. The van der Waals surface area contributed by atoms with E-state index in [1.165, 1.54) is 5.56 Å². The molecule has 4 rings (SSSR count). The van der Waals surface area contributed by atoms with E-state index in [9.17, 15) is 0 Å². The Morgan fingerprint density at radius 3 is 2.63 bits per heavy atom. The Bertz CT molecular complexity index is 939. The van der Waals surface area contributed by atoms with Crippen LogP contribution in [0.5, 0.6) is 11.5 Å². The Balaban J connectivity index is 1.46. The zero-order chi connectivity index (χ0) is 18.6. The van der Waals surface area contributed by atoms with E-state index in [0.29, 0.717) is 23.4 Å². The highest BCUT2D eigenvalue weighted by Gasteiger charge is 2.14. The SMILES string of the molecule is C[C@H](Cc1ccccc1)Nc1nc(Cl)nc(Nc2ccc3c(c2)OCO3)n1. The minimum Gasteiger partial charge on any atom is -0.454 e. The van der Waals surface area contributed by atoms with E-state index in [-0.39, 0.29) is 18.1 Å². The maximum absolute atomic E-state index is 6.07. The molecule has 0 bridgehead atoms. The molecule has 138 valence electrons. The largest absolute Gasteiger partial charge is 0.454 e. The summed E-state index contributed by atoms with van der Waals surface area (Å²) in [5.74, 6) is 2.16. The topological polar surface area (TPSA) is 81.2 Å². The third kappa shape index (κ3) is 4.38. The molecule has 0 radical (unpaired) electrons. The Kier molecular flexibility index (Phi) is 4.93. The second-order valence-electron chi connectivity index (χ2n) is 6.18. The maximum atomic E-state index is 6.07. The number of halogens is 1. The van der Waals surface area contributed by atoms with Gasteiger partial charge in [0.1, 0.15) is 0 Å². The first-order valence-corrected chi connectivity index (χ1v) is 8.92. The van der Waals surface area contributed by atoms with Crippen LogP contribution in [0.3, 0.4) is 0 Å². The average molecular weight is 384 g/mol. The van der Waals surface area contributed by atoms with Crippen molar-refractivity contribution in [1.82, 2.24) is 15.0 Å². The summed E-state index contributed by atoms with van der Waals surface area (Å²) in [5.41, 5.74) is 2.00. The van der Waals surface area contributed by atoms with Crippen LogP contribution in [0, 0.1) is 0 Å². The van der Waals surface area contributed by atoms with Crippen LogP contribution >= 0.6 is 11.6 Å². The lowest BCUT2D eigenvalue weighted by molar-refractivity contribution is 0.174. The fourth-order valence-corrected chi connectivity index (χ4v) is 2.97. The molecule has 0 aliphatic carbocycles. The number of nitrogens with one attached hydrogen (secondary N) is 2. The van der Waals surface area contributed by atoms with Gasteiger partial charge in [-0.3, -0.25) is 0 Å². The monoisotopic (exact) mass is 383 g/mol. The summed E-state index contributed by atoms with van der Waals surface area (Å²) >= 11 is 6.07. The van der Waals surface area contributed by atoms with E-state index < -0.39 is 0 Å². The van der Waals surface area contributed by atoms with Crippen molar-refractivity contribution in [1.29, 1.82) is 0 Å². The maximum Gasteiger partial charge on any atom is 0.233 e. The number of fused-ring (bicyclic) bond motifs is 1. The van der Waals surface area contributed by atoms with Crippen molar-refractivity contribution in [3.05, 3.63) is 59.4 Å². The quantitative estimate of drug-likeness (QED) is 0.664. The smallest absolute Gasteiger partial charge is 0.233 e. The van der Waals surface area contributed by atoms with E-state index in [0.717, 1.165) is 12.1 Å². The summed E-state index contributed by atoms with van der Waals surface area (Å²) in [6.07, 6.45) is 0.842. The minimum atomic E-state index is 0.114. The number of ether oxygens (including phenoxy) is 2. The molecule has 0 amide bonds. The van der Waals surface area contributed by atoms with Crippen LogP contribution in [-0.2, 0) is 6.42 Å². The van der Waals surface area contributed by atoms with Gasteiger partial charge < -0.3 is 20.1 Å². The first kappa shape index (κ1) is 17.4. The van der Waals surface area contributed by atoms with Crippen LogP contribution in [0.1, 0.15) is 12.5 Å². The number of hydrogen-bond donors (Lipinski definition) is 2. The standard InChI is InChI=1S/C19H18ClN5O2/c1-12(9-13-5-3-2-4-6-13)21-18-23-17(20)24-19(25-18)22-14-7-8-15-16(10-14)27-11-26-15/h2-8,10,12H,9,11H2,1H3,(H2,21,22,23,24,25)/t12-/m1/s1. The van der Waals surface area contributed by atoms with Crippen LogP contribution in [0.2, 0.25) is 5.28 Å². The Morgan fingerprint density at radius 1 is 1.00 bits per heavy atom. The molecule has 2 aromatic carbocycles. The summed E-state index contributed by atoms with van der Waals surface area (Å²) in [6, 6.07) is 15.9. The number of rotatable bonds is 6. The predicted molar refractivity (Wildman–Crippen MR) is 104 cm³/mol. The second-order valence-corrected chi connectivity index (χ2v) is 6.52. The van der Waals surface area contributed by atoms with Gasteiger partial charge in [0.05, 0.1) is 0 Å². The van der Waals surface area contributed by atoms with Gasteiger partial charge in [-0.1, -0.05) is 30.3 Å². The molecular formula is C19H18ClN5O2. The number of anilines is 3. The van der Waals surface area contributed by atoms with Gasteiger partial charge in [0.25, 0.3) is 0 Å². The first-order valence-electron chi connectivity index (χ1n) is 8.54. The molecule has 2 heterocycles. The molecule has 1 aliphatic heterocycles. The fraction of sp³-hybridized carbons (Fsp3) is 0.211. The van der Waals surface area contributed by atoms with Crippen molar-refractivity contribution >= 4 is 29.2 Å². The van der Waals surface area contributed by atoms with Gasteiger partial charge >= 0.3 is 0 Å². The molecule has 0 fully saturated rings. The molecule has 0 saturated carbocycles. The lowest BCUT2D eigenvalue weighted by atomic mass is 10.1. The van der Waals surface area contributed by atoms with Crippen molar-refractivity contribution < 1.29 is 9.47 Å². The summed E-state index contributed by atoms with van der Waals surface area (Å²) in [4.78, 5) is 12.7. The third-order valence-electron chi connectivity index (χ3n) is 4.00. The number of nitrogens with zero attached hydrogens (tertiary/aromatic N) is 3. The van der Waals surface area contributed by atoms with E-state index in [1.54, 1.807) is 0 Å². The molecule has 1 aromatic heterocycles. The van der Waals surface area contributed by atoms with E-state index in [4.69, 9.17) is 21.1 Å². The first-order chi connectivity index (χ1) is 13.2. The van der Waals surface area contributed by atoms with Crippen molar-refractivity contribution in [2.75, 3.05) is 17.4 Å². The third-order valence-corrected chi connectivity index (χ3v) is 4.17. The van der Waals surface area contributed by atoms with Gasteiger partial charge in [0.2, 0.25) is 24.0 Å². The summed E-state index contributed by atoms with van der Waals surface area (Å²) in [5, 5.41) is 6.50. The van der Waals surface area contributed by atoms with Crippen molar-refractivity contribution in [3.8, 4) is 11.5 Å². The minimum absolute atomic E-state index is 0.114. The number of benzene rings is 2. The van der Waals surface area contributed by atoms with Gasteiger partial charge in [-0.05, 0) is 42.6 Å². The van der Waals surface area contributed by atoms with Crippen LogP contribution in [-0.4, -0.2) is 27.8 Å². The van der Waals surface area contributed by atoms with Gasteiger partial charge in [-0.25, -0.2) is 0 Å². The normalized spacial score (nSPS) is 13.3. The molecular weight excluding hydrogens is 366 g/mol. The second kappa shape index (κ2) is 7.67. The number of aromatic nitrogens is 3. The van der Waals surface area contributed by atoms with Gasteiger partial charge in [0, 0.05) is 17.8 Å². The molecule has 27 heavy (non-hydrogen) atoms. The van der Waals surface area contributed by atoms with E-state index >= 15 is 0 Å². The van der Waals surface area contributed by atoms with Gasteiger partial charge in [-0.15, -0.1) is 0 Å². The van der Waals surface area contributed by atoms with Crippen LogP contribution < -0.4 is 20.1 Å². The Hall–Kier alpha value is -3.06. The van der Waals surface area contributed by atoms with E-state index in [2.05, 4.69) is 44.6 Å². The zero-order valence-electron chi connectivity index (χ0n) is 14.6. The lowest BCUT2D eigenvalue weighted by Gasteiger charge is -2.14. The molecule has 0 unspecified atom stereocenters. The Morgan fingerprint density at radius 2 is 1.78 bits per heavy atom. The molecule has 0 saturated heterocycles. The predicted octanol–water partition coefficient (Wildman–Crippen LogP) is 4.04. The summed E-state index contributed by atoms with van der Waals surface area (Å²) in [6.45, 7) is 2.29. The lowest BCUT2D eigenvalue weighted by Crippen LogP contribution is -2.20. The van der Waals surface area contributed by atoms with Crippen molar-refractivity contribution in [3.63, 3.8) is 0 Å². The highest BCUT2D eigenvalue weighted by atomic mass is 35.5. The molecule has 2 N–H and O–H groups in total. The molecule has 3 aromatic rings. The molecule has 8 heteroatoms. The highest BCUT2D eigenvalue weighted by Crippen LogP contribution is 2.34. The summed E-state index contributed by atoms with van der Waals surface area (Å²) in [7, 11) is 0. The van der Waals surface area contributed by atoms with Crippen molar-refractivity contribution in [2.45, 2.75) is 19.4 Å². The average Bonchev–Trinajstić information content (AvgIpc) is 3.09. The van der Waals surface area contributed by atoms with Crippen molar-refractivity contribution in [2.24, 2.45) is 0 Å². The molecule has 7 nitrogen and oxygen atoms in total. The number of hydrogen-bond acceptors (Lipinski definition) is 7. The fourth-order valence-electron chi connectivity index (χ4n) is 2.81. The Labute approximate surface area is 161 Å². The highest BCUT2D eigenvalue weighted by molar-refractivity contribution is 6.28. The van der Waals surface area contributed by atoms with Crippen LogP contribution in [0.15, 0.2) is 48.5 Å². The molecule has 1 aliphatic rings. The summed E-state index contributed by atoms with van der Waals surface area (Å²) < 4.78 is 10.7. The van der Waals surface area contributed by atoms with Gasteiger partial charge in [-0.2, -0.15) is 15.0 Å². The molecule has 1 atom stereocenters. The zero-order valence-corrected chi connectivity index (χ0v) is 15.4. The van der Waals surface area contributed by atoms with Crippen LogP contribution in [0.25, 0.3) is 0 Å².